The van der Waals surface area contributed by atoms with Crippen LogP contribution in [0.3, 0.4) is 0 Å². The minimum absolute atomic E-state index is 0.0180. The number of rotatable bonds is 6. The van der Waals surface area contributed by atoms with Crippen molar-refractivity contribution in [1.29, 1.82) is 0 Å². The molecule has 0 spiro atoms. The van der Waals surface area contributed by atoms with E-state index in [0.29, 0.717) is 33.8 Å². The third-order valence-electron chi connectivity index (χ3n) is 5.51. The number of H-pyrrole nitrogens is 1. The van der Waals surface area contributed by atoms with Crippen LogP contribution in [0.15, 0.2) is 48.9 Å². The molecule has 3 N–H and O–H groups in total. The lowest BCUT2D eigenvalue weighted by Gasteiger charge is -2.27. The highest BCUT2D eigenvalue weighted by atomic mass is 32.1. The Kier molecular flexibility index (Phi) is 6.24. The zero-order valence-electron chi connectivity index (χ0n) is 19.0. The van der Waals surface area contributed by atoms with E-state index in [1.165, 1.54) is 11.3 Å². The number of fused-ring (bicyclic) bond motifs is 1. The number of hydrogen-bond donors (Lipinski definition) is 3. The molecule has 33 heavy (non-hydrogen) atoms. The lowest BCUT2D eigenvalue weighted by Crippen LogP contribution is -2.41. The van der Waals surface area contributed by atoms with Crippen molar-refractivity contribution >= 4 is 34.3 Å². The molecule has 0 bridgehead atoms. The fraction of sp³-hybridized carbons (Fsp3) is 0.292. The van der Waals surface area contributed by atoms with Gasteiger partial charge in [0, 0.05) is 18.4 Å². The Bertz CT molecular complexity index is 1290. The first kappa shape index (κ1) is 22.6. The van der Waals surface area contributed by atoms with E-state index in [2.05, 4.69) is 51.3 Å². The highest BCUT2D eigenvalue weighted by Crippen LogP contribution is 2.28. The fourth-order valence-corrected chi connectivity index (χ4v) is 3.91. The quantitative estimate of drug-likeness (QED) is 0.398. The third-order valence-corrected chi connectivity index (χ3v) is 6.62. The Hall–Kier alpha value is -3.59. The molecule has 2 amide bonds. The van der Waals surface area contributed by atoms with Crippen LogP contribution in [0.25, 0.3) is 21.7 Å². The standard InChI is InChI=1S/C24H26N6O2S/c1-14(24(2,3)4)29-22(31)16-12-26-21-20(16)30-17(13-27-21)18-8-9-19(33-18)23(32)28-11-15-7-5-6-10-25-15/h5-10,12-14H,11H2,1-4H3,(H,26,27)(H,28,32)(H,29,31). The van der Waals surface area contributed by atoms with Crippen LogP contribution in [-0.4, -0.2) is 37.8 Å². The molecule has 1 unspecified atom stereocenters. The molecule has 0 saturated heterocycles. The number of nitrogens with zero attached hydrogens (tertiary/aromatic N) is 3. The molecule has 0 radical (unpaired) electrons. The summed E-state index contributed by atoms with van der Waals surface area (Å²) in [6.07, 6.45) is 4.96. The van der Waals surface area contributed by atoms with Crippen LogP contribution in [0, 0.1) is 5.41 Å². The maximum absolute atomic E-state index is 12.9. The van der Waals surface area contributed by atoms with Crippen LogP contribution in [-0.2, 0) is 6.54 Å². The largest absolute Gasteiger partial charge is 0.349 e. The number of aromatic nitrogens is 4. The molecule has 0 aliphatic carbocycles. The Morgan fingerprint density at radius 2 is 1.94 bits per heavy atom. The second-order valence-corrected chi connectivity index (χ2v) is 9.97. The Morgan fingerprint density at radius 1 is 1.12 bits per heavy atom. The first-order valence-electron chi connectivity index (χ1n) is 10.7. The van der Waals surface area contributed by atoms with Gasteiger partial charge in [0.15, 0.2) is 5.65 Å². The van der Waals surface area contributed by atoms with Crippen molar-refractivity contribution in [2.45, 2.75) is 40.3 Å². The van der Waals surface area contributed by atoms with Gasteiger partial charge < -0.3 is 15.6 Å². The highest BCUT2D eigenvalue weighted by molar-refractivity contribution is 7.17. The van der Waals surface area contributed by atoms with Crippen LogP contribution < -0.4 is 10.6 Å². The van der Waals surface area contributed by atoms with Gasteiger partial charge in [0.2, 0.25) is 0 Å². The van der Waals surface area contributed by atoms with Crippen LogP contribution >= 0.6 is 11.3 Å². The zero-order valence-corrected chi connectivity index (χ0v) is 19.8. The number of thiophene rings is 1. The van der Waals surface area contributed by atoms with Gasteiger partial charge in [-0.25, -0.2) is 9.97 Å². The van der Waals surface area contributed by atoms with E-state index in [1.807, 2.05) is 31.2 Å². The van der Waals surface area contributed by atoms with E-state index < -0.39 is 0 Å². The van der Waals surface area contributed by atoms with Crippen LogP contribution in [0.5, 0.6) is 0 Å². The average molecular weight is 463 g/mol. The molecule has 0 fully saturated rings. The minimum atomic E-state index is -0.198. The van der Waals surface area contributed by atoms with E-state index in [0.717, 1.165) is 10.6 Å². The van der Waals surface area contributed by atoms with Gasteiger partial charge in [-0.2, -0.15) is 0 Å². The summed E-state index contributed by atoms with van der Waals surface area (Å²) < 4.78 is 0. The topological polar surface area (TPSA) is 113 Å². The fourth-order valence-electron chi connectivity index (χ4n) is 3.03. The van der Waals surface area contributed by atoms with Crippen molar-refractivity contribution in [3.05, 3.63) is 65.1 Å². The Labute approximate surface area is 195 Å². The molecule has 0 aliphatic rings. The molecule has 4 heterocycles. The zero-order chi connectivity index (χ0) is 23.6. The molecule has 0 aromatic carbocycles. The molecule has 4 rings (SSSR count). The number of amides is 2. The van der Waals surface area contributed by atoms with E-state index >= 15 is 0 Å². The Balaban J connectivity index is 1.52. The number of pyridine rings is 1. The molecule has 8 nitrogen and oxygen atoms in total. The number of carbonyl (C=O) groups excluding carboxylic acids is 2. The summed E-state index contributed by atoms with van der Waals surface area (Å²) in [7, 11) is 0. The number of carbonyl (C=O) groups is 2. The van der Waals surface area contributed by atoms with Crippen molar-refractivity contribution < 1.29 is 9.59 Å². The third kappa shape index (κ3) is 5.09. The van der Waals surface area contributed by atoms with Gasteiger partial charge in [-0.3, -0.25) is 14.6 Å². The minimum Gasteiger partial charge on any atom is -0.349 e. The second kappa shape index (κ2) is 9.11. The maximum Gasteiger partial charge on any atom is 0.261 e. The summed E-state index contributed by atoms with van der Waals surface area (Å²) in [5, 5.41) is 5.91. The number of hydrogen-bond acceptors (Lipinski definition) is 6. The summed E-state index contributed by atoms with van der Waals surface area (Å²) in [5.41, 5.74) is 2.81. The van der Waals surface area contributed by atoms with Crippen molar-refractivity contribution in [3.8, 4) is 10.6 Å². The maximum atomic E-state index is 12.9. The predicted octanol–water partition coefficient (Wildman–Crippen LogP) is 4.18. The summed E-state index contributed by atoms with van der Waals surface area (Å²) in [6.45, 7) is 8.56. The molecule has 1 atom stereocenters. The molecular formula is C24H26N6O2S. The summed E-state index contributed by atoms with van der Waals surface area (Å²) in [6, 6.07) is 9.15. The van der Waals surface area contributed by atoms with Gasteiger partial charge >= 0.3 is 0 Å². The molecule has 4 aromatic rings. The summed E-state index contributed by atoms with van der Waals surface area (Å²) in [5.74, 6) is -0.375. The van der Waals surface area contributed by atoms with E-state index in [4.69, 9.17) is 0 Å². The van der Waals surface area contributed by atoms with Gasteiger partial charge in [0.05, 0.1) is 39.4 Å². The molecule has 4 aromatic heterocycles. The molecule has 0 saturated carbocycles. The highest BCUT2D eigenvalue weighted by Gasteiger charge is 2.24. The van der Waals surface area contributed by atoms with Crippen molar-refractivity contribution in [2.24, 2.45) is 5.41 Å². The SMILES string of the molecule is CC(NC(=O)c1c[nH]c2ncc(-c3ccc(C(=O)NCc4ccccn4)s3)nc12)C(C)(C)C. The predicted molar refractivity (Wildman–Crippen MR) is 129 cm³/mol. The molecular weight excluding hydrogens is 436 g/mol. The molecule has 9 heteroatoms. The van der Waals surface area contributed by atoms with Gasteiger partial charge in [-0.1, -0.05) is 26.8 Å². The molecule has 0 aliphatic heterocycles. The van der Waals surface area contributed by atoms with Gasteiger partial charge in [0.25, 0.3) is 11.8 Å². The number of aromatic amines is 1. The monoisotopic (exact) mass is 462 g/mol. The van der Waals surface area contributed by atoms with E-state index in [9.17, 15) is 9.59 Å². The van der Waals surface area contributed by atoms with E-state index in [1.54, 1.807) is 24.7 Å². The van der Waals surface area contributed by atoms with Crippen molar-refractivity contribution in [2.75, 3.05) is 0 Å². The van der Waals surface area contributed by atoms with Gasteiger partial charge in [-0.15, -0.1) is 11.3 Å². The van der Waals surface area contributed by atoms with Crippen molar-refractivity contribution in [1.82, 2.24) is 30.6 Å². The summed E-state index contributed by atoms with van der Waals surface area (Å²) in [4.78, 5) is 43.1. The summed E-state index contributed by atoms with van der Waals surface area (Å²) >= 11 is 1.32. The van der Waals surface area contributed by atoms with E-state index in [-0.39, 0.29) is 23.3 Å². The second-order valence-electron chi connectivity index (χ2n) is 8.88. The molecule has 170 valence electrons. The van der Waals surface area contributed by atoms with Crippen LogP contribution in [0.2, 0.25) is 0 Å². The lowest BCUT2D eigenvalue weighted by atomic mass is 9.88. The first-order chi connectivity index (χ1) is 15.7. The number of nitrogens with one attached hydrogen (secondary N) is 3. The van der Waals surface area contributed by atoms with Gasteiger partial charge in [0.1, 0.15) is 5.52 Å². The average Bonchev–Trinajstić information content (AvgIpc) is 3.44. The van der Waals surface area contributed by atoms with Crippen LogP contribution in [0.1, 0.15) is 53.4 Å². The normalized spacial score (nSPS) is 12.5. The van der Waals surface area contributed by atoms with Crippen molar-refractivity contribution in [3.63, 3.8) is 0 Å². The smallest absolute Gasteiger partial charge is 0.261 e. The lowest BCUT2D eigenvalue weighted by molar-refractivity contribution is 0.0910. The van der Waals surface area contributed by atoms with Gasteiger partial charge in [-0.05, 0) is 36.6 Å². The van der Waals surface area contributed by atoms with Crippen LogP contribution in [0.4, 0.5) is 0 Å². The first-order valence-corrected chi connectivity index (χ1v) is 11.5. The Morgan fingerprint density at radius 3 is 2.67 bits per heavy atom.